The second-order valence-electron chi connectivity index (χ2n) is 10.6. The van der Waals surface area contributed by atoms with Crippen LogP contribution in [0.5, 0.6) is 5.75 Å². The number of H-pyrrole nitrogens is 1. The summed E-state index contributed by atoms with van der Waals surface area (Å²) >= 11 is 0. The van der Waals surface area contributed by atoms with Crippen LogP contribution in [0.3, 0.4) is 0 Å². The molecule has 2 aromatic heterocycles. The fourth-order valence-corrected chi connectivity index (χ4v) is 6.26. The van der Waals surface area contributed by atoms with Crippen LogP contribution in [0.15, 0.2) is 54.7 Å². The van der Waals surface area contributed by atoms with E-state index in [0.29, 0.717) is 17.8 Å². The largest absolute Gasteiger partial charge is 0.489 e. The molecule has 11 heteroatoms. The average Bonchev–Trinajstić information content (AvgIpc) is 3.44. The third-order valence-electron chi connectivity index (χ3n) is 7.22. The third-order valence-corrected chi connectivity index (χ3v) is 8.66. The van der Waals surface area contributed by atoms with Crippen molar-refractivity contribution in [2.24, 2.45) is 0 Å². The number of rotatable bonds is 11. The fourth-order valence-electron chi connectivity index (χ4n) is 5.18. The molecule has 5 rings (SSSR count). The monoisotopic (exact) mass is 577 g/mol. The summed E-state index contributed by atoms with van der Waals surface area (Å²) < 4.78 is 17.5. The number of aromatic amines is 1. The molecular formula is C30H40N7O3P. The van der Waals surface area contributed by atoms with Crippen molar-refractivity contribution < 1.29 is 13.8 Å². The lowest BCUT2D eigenvalue weighted by molar-refractivity contribution is 0.237. The Labute approximate surface area is 243 Å². The Kier molecular flexibility index (Phi) is 9.25. The molecule has 218 valence electrons. The van der Waals surface area contributed by atoms with E-state index in [4.69, 9.17) is 23.8 Å². The zero-order valence-corrected chi connectivity index (χ0v) is 25.5. The predicted octanol–water partition coefficient (Wildman–Crippen LogP) is 5.99. The van der Waals surface area contributed by atoms with E-state index in [9.17, 15) is 0 Å². The summed E-state index contributed by atoms with van der Waals surface area (Å²) in [6.07, 6.45) is 4.18. The number of piperidine rings is 1. The van der Waals surface area contributed by atoms with Crippen LogP contribution < -0.4 is 25.6 Å². The van der Waals surface area contributed by atoms with Crippen LogP contribution in [0, 0.1) is 0 Å². The van der Waals surface area contributed by atoms with Gasteiger partial charge in [-0.15, -0.1) is 0 Å². The Hall–Kier alpha value is -3.43. The lowest BCUT2D eigenvalue weighted by atomic mass is 10.0. The van der Waals surface area contributed by atoms with Gasteiger partial charge < -0.3 is 39.2 Å². The maximum atomic E-state index is 6.30. The van der Waals surface area contributed by atoms with Gasteiger partial charge in [-0.25, -0.2) is 0 Å². The zero-order valence-electron chi connectivity index (χ0n) is 24.6. The standard InChI is InChI=1S/C30H40N7O3P/c1-20(2)40-26-19-21(11-12-25(26)37-17-14-22(15-18-37)36(3)4)32-30-34-28-23(13-16-31-28)29(35-30)33-24-9-7-8-10-27(24)41(38-5)39-6/h7-13,16,19-20,22H,14-15,17-18H2,1-6H3,(H3,31,32,33,34,35). The van der Waals surface area contributed by atoms with Crippen molar-refractivity contribution >= 4 is 53.5 Å². The summed E-state index contributed by atoms with van der Waals surface area (Å²) in [6.45, 7) is 6.11. The molecule has 4 aromatic rings. The van der Waals surface area contributed by atoms with Crippen LogP contribution >= 0.6 is 8.38 Å². The molecule has 0 saturated carbocycles. The van der Waals surface area contributed by atoms with E-state index < -0.39 is 8.38 Å². The smallest absolute Gasteiger partial charge is 0.231 e. The molecule has 3 N–H and O–H groups in total. The summed E-state index contributed by atoms with van der Waals surface area (Å²) in [5, 5.41) is 8.71. The molecule has 0 aliphatic carbocycles. The molecule has 1 aliphatic heterocycles. The molecule has 41 heavy (non-hydrogen) atoms. The normalized spacial score (nSPS) is 14.4. The quantitative estimate of drug-likeness (QED) is 0.186. The highest BCUT2D eigenvalue weighted by Gasteiger charge is 2.24. The van der Waals surface area contributed by atoms with Gasteiger partial charge in [-0.1, -0.05) is 12.1 Å². The van der Waals surface area contributed by atoms with Crippen molar-refractivity contribution in [1.82, 2.24) is 19.9 Å². The van der Waals surface area contributed by atoms with Gasteiger partial charge in [0, 0.05) is 51.3 Å². The van der Waals surface area contributed by atoms with Gasteiger partial charge in [-0.05, 0) is 71.1 Å². The van der Waals surface area contributed by atoms with E-state index in [-0.39, 0.29) is 6.10 Å². The van der Waals surface area contributed by atoms with E-state index in [1.54, 1.807) is 14.2 Å². The molecule has 2 aromatic carbocycles. The second kappa shape index (κ2) is 13.0. The van der Waals surface area contributed by atoms with E-state index >= 15 is 0 Å². The minimum Gasteiger partial charge on any atom is -0.489 e. The van der Waals surface area contributed by atoms with Crippen molar-refractivity contribution in [3.05, 3.63) is 54.7 Å². The van der Waals surface area contributed by atoms with Crippen molar-refractivity contribution in [2.45, 2.75) is 38.8 Å². The highest BCUT2D eigenvalue weighted by Crippen LogP contribution is 2.39. The second-order valence-corrected chi connectivity index (χ2v) is 12.3. The van der Waals surface area contributed by atoms with Crippen molar-refractivity contribution in [2.75, 3.05) is 56.9 Å². The number of ether oxygens (including phenoxy) is 1. The first-order valence-electron chi connectivity index (χ1n) is 13.9. The molecule has 0 radical (unpaired) electrons. The highest BCUT2D eigenvalue weighted by molar-refractivity contribution is 7.56. The van der Waals surface area contributed by atoms with Gasteiger partial charge in [0.1, 0.15) is 17.2 Å². The van der Waals surface area contributed by atoms with Gasteiger partial charge in [0.2, 0.25) is 14.3 Å². The van der Waals surface area contributed by atoms with Gasteiger partial charge in [-0.2, -0.15) is 9.97 Å². The van der Waals surface area contributed by atoms with Crippen LogP contribution in [-0.2, 0) is 9.05 Å². The summed E-state index contributed by atoms with van der Waals surface area (Å²) in [7, 11) is 6.40. The number of nitrogens with one attached hydrogen (secondary N) is 3. The fraction of sp³-hybridized carbons (Fsp3) is 0.400. The molecule has 0 unspecified atom stereocenters. The summed E-state index contributed by atoms with van der Waals surface area (Å²) in [4.78, 5) is 17.6. The molecular weight excluding hydrogens is 537 g/mol. The molecule has 0 atom stereocenters. The topological polar surface area (TPSA) is 99.8 Å². The number of para-hydroxylation sites is 1. The Morgan fingerprint density at radius 3 is 2.46 bits per heavy atom. The van der Waals surface area contributed by atoms with Gasteiger partial charge >= 0.3 is 0 Å². The first-order chi connectivity index (χ1) is 19.9. The summed E-state index contributed by atoms with van der Waals surface area (Å²) in [6, 6.07) is 16.8. The van der Waals surface area contributed by atoms with Gasteiger partial charge in [0.05, 0.1) is 28.2 Å². The minimum absolute atomic E-state index is 0.0513. The molecule has 0 amide bonds. The van der Waals surface area contributed by atoms with Gasteiger partial charge in [0.25, 0.3) is 0 Å². The molecule has 0 spiro atoms. The molecule has 1 saturated heterocycles. The Balaban J connectivity index is 1.42. The van der Waals surface area contributed by atoms with Crippen LogP contribution in [0.25, 0.3) is 11.0 Å². The third kappa shape index (κ3) is 6.73. The van der Waals surface area contributed by atoms with E-state index in [1.165, 1.54) is 0 Å². The Morgan fingerprint density at radius 1 is 1.00 bits per heavy atom. The Morgan fingerprint density at radius 2 is 1.76 bits per heavy atom. The van der Waals surface area contributed by atoms with Crippen LogP contribution in [0.1, 0.15) is 26.7 Å². The molecule has 1 fully saturated rings. The Bertz CT molecular complexity index is 1450. The van der Waals surface area contributed by atoms with E-state index in [0.717, 1.165) is 65.1 Å². The first-order valence-corrected chi connectivity index (χ1v) is 15.1. The molecule has 10 nitrogen and oxygen atoms in total. The van der Waals surface area contributed by atoms with Crippen LogP contribution in [-0.4, -0.2) is 73.4 Å². The number of hydrogen-bond donors (Lipinski definition) is 3. The maximum Gasteiger partial charge on any atom is 0.231 e. The van der Waals surface area contributed by atoms with Gasteiger partial charge in [0.15, 0.2) is 0 Å². The number of benzene rings is 2. The maximum absolute atomic E-state index is 6.30. The molecule has 0 bridgehead atoms. The van der Waals surface area contributed by atoms with E-state index in [2.05, 4.69) is 65.5 Å². The van der Waals surface area contributed by atoms with Crippen molar-refractivity contribution in [3.63, 3.8) is 0 Å². The number of hydrogen-bond acceptors (Lipinski definition) is 9. The minimum atomic E-state index is -1.22. The lowest BCUT2D eigenvalue weighted by Gasteiger charge is -2.37. The summed E-state index contributed by atoms with van der Waals surface area (Å²) in [5.74, 6) is 2.00. The number of nitrogens with zero attached hydrogens (tertiary/aromatic N) is 4. The molecule has 3 heterocycles. The van der Waals surface area contributed by atoms with E-state index in [1.807, 2.05) is 42.6 Å². The average molecular weight is 578 g/mol. The predicted molar refractivity (Wildman–Crippen MR) is 169 cm³/mol. The first kappa shape index (κ1) is 29.1. The lowest BCUT2D eigenvalue weighted by Crippen LogP contribution is -2.42. The number of fused-ring (bicyclic) bond motifs is 1. The van der Waals surface area contributed by atoms with Crippen molar-refractivity contribution in [3.8, 4) is 5.75 Å². The number of anilines is 5. The highest BCUT2D eigenvalue weighted by atomic mass is 31.2. The van der Waals surface area contributed by atoms with Crippen molar-refractivity contribution in [1.29, 1.82) is 0 Å². The number of aromatic nitrogens is 3. The van der Waals surface area contributed by atoms with Crippen LogP contribution in [0.4, 0.5) is 28.8 Å². The van der Waals surface area contributed by atoms with Crippen LogP contribution in [0.2, 0.25) is 0 Å². The summed E-state index contributed by atoms with van der Waals surface area (Å²) in [5.41, 5.74) is 3.56. The molecule has 1 aliphatic rings. The van der Waals surface area contributed by atoms with Gasteiger partial charge in [-0.3, -0.25) is 0 Å². The SMILES string of the molecule is COP(OC)c1ccccc1Nc1nc(Nc2ccc(N3CCC(N(C)C)CC3)c(OC(C)C)c2)nc2[nH]ccc12. The zero-order chi connectivity index (χ0) is 28.9.